The molecular weight excluding hydrogens is 178 g/mol. The second-order valence-corrected chi connectivity index (χ2v) is 3.18. The van der Waals surface area contributed by atoms with Gasteiger partial charge in [0, 0.05) is 26.0 Å². The Kier molecular flexibility index (Phi) is 2.60. The van der Waals surface area contributed by atoms with E-state index in [2.05, 4.69) is 20.5 Å². The van der Waals surface area contributed by atoms with Crippen molar-refractivity contribution in [2.45, 2.75) is 13.1 Å². The normalized spacial score (nSPS) is 10.6. The van der Waals surface area contributed by atoms with E-state index in [1.165, 1.54) is 5.56 Å². The van der Waals surface area contributed by atoms with E-state index in [0.29, 0.717) is 0 Å². The Bertz CT molecular complexity index is 376. The summed E-state index contributed by atoms with van der Waals surface area (Å²) >= 11 is 0. The molecule has 74 valence electrons. The van der Waals surface area contributed by atoms with E-state index in [1.807, 2.05) is 30.1 Å². The molecule has 2 heterocycles. The Morgan fingerprint density at radius 3 is 3.07 bits per heavy atom. The summed E-state index contributed by atoms with van der Waals surface area (Å²) in [5.74, 6) is 0.945. The van der Waals surface area contributed by atoms with Crippen LogP contribution in [0.5, 0.6) is 0 Å². The fourth-order valence-electron chi connectivity index (χ4n) is 1.25. The maximum Gasteiger partial charge on any atom is 0.146 e. The zero-order valence-electron chi connectivity index (χ0n) is 8.07. The van der Waals surface area contributed by atoms with E-state index >= 15 is 0 Å². The molecule has 0 aliphatic heterocycles. The van der Waals surface area contributed by atoms with Crippen molar-refractivity contribution in [2.75, 3.05) is 0 Å². The minimum atomic E-state index is 0.738. The summed E-state index contributed by atoms with van der Waals surface area (Å²) in [5, 5.41) is 11.1. The molecule has 0 aliphatic carbocycles. The smallest absolute Gasteiger partial charge is 0.146 e. The number of nitrogens with zero attached hydrogens (tertiary/aromatic N) is 3. The second kappa shape index (κ2) is 4.06. The summed E-state index contributed by atoms with van der Waals surface area (Å²) in [6, 6.07) is 2.05. The van der Waals surface area contributed by atoms with Gasteiger partial charge in [-0.1, -0.05) is 0 Å². The summed E-state index contributed by atoms with van der Waals surface area (Å²) in [6.07, 6.45) is 5.59. The first-order valence-corrected chi connectivity index (χ1v) is 4.51. The zero-order valence-corrected chi connectivity index (χ0v) is 8.07. The Morgan fingerprint density at radius 1 is 1.50 bits per heavy atom. The van der Waals surface area contributed by atoms with Crippen LogP contribution in [0.1, 0.15) is 11.4 Å². The highest BCUT2D eigenvalue weighted by molar-refractivity contribution is 5.07. The van der Waals surface area contributed by atoms with E-state index in [4.69, 9.17) is 0 Å². The Morgan fingerprint density at radius 2 is 2.43 bits per heavy atom. The number of H-pyrrole nitrogens is 1. The monoisotopic (exact) mass is 191 g/mol. The van der Waals surface area contributed by atoms with Crippen molar-refractivity contribution in [2.24, 2.45) is 7.05 Å². The van der Waals surface area contributed by atoms with Crippen LogP contribution in [0.15, 0.2) is 24.8 Å². The first kappa shape index (κ1) is 8.96. The van der Waals surface area contributed by atoms with Crippen molar-refractivity contribution in [1.82, 2.24) is 25.1 Å². The van der Waals surface area contributed by atoms with Crippen molar-refractivity contribution in [1.29, 1.82) is 0 Å². The van der Waals surface area contributed by atoms with E-state index in [0.717, 1.165) is 18.9 Å². The van der Waals surface area contributed by atoms with Crippen LogP contribution in [0.3, 0.4) is 0 Å². The fraction of sp³-hybridized carbons (Fsp3) is 0.333. The number of rotatable bonds is 4. The molecule has 0 radical (unpaired) electrons. The quantitative estimate of drug-likeness (QED) is 0.737. The van der Waals surface area contributed by atoms with Crippen molar-refractivity contribution < 1.29 is 0 Å². The molecule has 2 rings (SSSR count). The molecule has 0 spiro atoms. The molecule has 2 aromatic heterocycles. The van der Waals surface area contributed by atoms with Gasteiger partial charge in [-0.05, 0) is 11.6 Å². The lowest BCUT2D eigenvalue weighted by molar-refractivity contribution is 0.637. The standard InChI is InChI=1S/C9H13N5/c1-14-7-12-13-9(14)6-11-5-8-2-3-10-4-8/h2-4,7,10-11H,5-6H2,1H3. The Balaban J connectivity index is 1.81. The predicted octanol–water partition coefficient (Wildman–Crippen LogP) is 0.433. The van der Waals surface area contributed by atoms with Gasteiger partial charge >= 0.3 is 0 Å². The van der Waals surface area contributed by atoms with Gasteiger partial charge in [0.15, 0.2) is 0 Å². The van der Waals surface area contributed by atoms with Gasteiger partial charge in [0.1, 0.15) is 12.2 Å². The maximum absolute atomic E-state index is 3.98. The number of aromatic nitrogens is 4. The van der Waals surface area contributed by atoms with Crippen molar-refractivity contribution in [3.05, 3.63) is 36.2 Å². The lowest BCUT2D eigenvalue weighted by Gasteiger charge is -2.01. The molecule has 14 heavy (non-hydrogen) atoms. The number of aryl methyl sites for hydroxylation is 1. The van der Waals surface area contributed by atoms with Crippen molar-refractivity contribution >= 4 is 0 Å². The van der Waals surface area contributed by atoms with E-state index in [9.17, 15) is 0 Å². The summed E-state index contributed by atoms with van der Waals surface area (Å²) in [6.45, 7) is 1.58. The molecule has 2 N–H and O–H groups in total. The third-order valence-corrected chi connectivity index (χ3v) is 2.08. The lowest BCUT2D eigenvalue weighted by atomic mass is 10.3. The molecule has 2 aromatic rings. The largest absolute Gasteiger partial charge is 0.367 e. The minimum Gasteiger partial charge on any atom is -0.367 e. The van der Waals surface area contributed by atoms with E-state index in [1.54, 1.807) is 6.33 Å². The van der Waals surface area contributed by atoms with Crippen LogP contribution in [0.4, 0.5) is 0 Å². The van der Waals surface area contributed by atoms with Crippen molar-refractivity contribution in [3.63, 3.8) is 0 Å². The van der Waals surface area contributed by atoms with Crippen LogP contribution >= 0.6 is 0 Å². The van der Waals surface area contributed by atoms with Crippen LogP contribution in [0.25, 0.3) is 0 Å². The van der Waals surface area contributed by atoms with Gasteiger partial charge in [0.25, 0.3) is 0 Å². The van der Waals surface area contributed by atoms with E-state index in [-0.39, 0.29) is 0 Å². The number of aromatic amines is 1. The highest BCUT2D eigenvalue weighted by Gasteiger charge is 1.99. The summed E-state index contributed by atoms with van der Waals surface area (Å²) in [7, 11) is 1.94. The number of hydrogen-bond acceptors (Lipinski definition) is 3. The Labute approximate surface area is 82.2 Å². The third kappa shape index (κ3) is 2.00. The zero-order chi connectivity index (χ0) is 9.80. The van der Waals surface area contributed by atoms with E-state index < -0.39 is 0 Å². The van der Waals surface area contributed by atoms with Gasteiger partial charge in [-0.3, -0.25) is 0 Å². The first-order valence-electron chi connectivity index (χ1n) is 4.51. The van der Waals surface area contributed by atoms with Crippen LogP contribution in [-0.4, -0.2) is 19.7 Å². The second-order valence-electron chi connectivity index (χ2n) is 3.18. The molecule has 0 amide bonds. The van der Waals surface area contributed by atoms with Gasteiger partial charge < -0.3 is 14.9 Å². The highest BCUT2D eigenvalue weighted by atomic mass is 15.3. The fourth-order valence-corrected chi connectivity index (χ4v) is 1.25. The molecule has 0 aromatic carbocycles. The lowest BCUT2D eigenvalue weighted by Crippen LogP contribution is -2.15. The van der Waals surface area contributed by atoms with Gasteiger partial charge in [-0.15, -0.1) is 10.2 Å². The molecule has 5 nitrogen and oxygen atoms in total. The summed E-state index contributed by atoms with van der Waals surface area (Å²) < 4.78 is 1.91. The van der Waals surface area contributed by atoms with Gasteiger partial charge in [-0.2, -0.15) is 0 Å². The third-order valence-electron chi connectivity index (χ3n) is 2.08. The van der Waals surface area contributed by atoms with Gasteiger partial charge in [-0.25, -0.2) is 0 Å². The van der Waals surface area contributed by atoms with Crippen LogP contribution in [-0.2, 0) is 20.1 Å². The van der Waals surface area contributed by atoms with Crippen molar-refractivity contribution in [3.8, 4) is 0 Å². The molecular formula is C9H13N5. The first-order chi connectivity index (χ1) is 6.86. The topological polar surface area (TPSA) is 58.5 Å². The molecule has 0 saturated carbocycles. The molecule has 5 heteroatoms. The molecule has 0 saturated heterocycles. The van der Waals surface area contributed by atoms with Crippen LogP contribution < -0.4 is 5.32 Å². The highest BCUT2D eigenvalue weighted by Crippen LogP contribution is 1.96. The number of nitrogens with one attached hydrogen (secondary N) is 2. The van der Waals surface area contributed by atoms with Gasteiger partial charge in [0.2, 0.25) is 0 Å². The predicted molar refractivity (Wildman–Crippen MR) is 52.3 cm³/mol. The maximum atomic E-state index is 3.98. The summed E-state index contributed by atoms with van der Waals surface area (Å²) in [4.78, 5) is 3.01. The molecule has 0 bridgehead atoms. The van der Waals surface area contributed by atoms with Gasteiger partial charge in [0.05, 0.1) is 6.54 Å². The average Bonchev–Trinajstić information content (AvgIpc) is 2.78. The minimum absolute atomic E-state index is 0.738. The molecule has 0 aliphatic rings. The SMILES string of the molecule is Cn1cnnc1CNCc1cc[nH]c1. The summed E-state index contributed by atoms with van der Waals surface area (Å²) in [5.41, 5.74) is 1.24. The molecule has 0 atom stereocenters. The molecule has 0 fully saturated rings. The molecule has 0 unspecified atom stereocenters. The number of hydrogen-bond donors (Lipinski definition) is 2. The average molecular weight is 191 g/mol. The van der Waals surface area contributed by atoms with Crippen LogP contribution in [0, 0.1) is 0 Å². The Hall–Kier alpha value is -1.62. The van der Waals surface area contributed by atoms with Crippen LogP contribution in [0.2, 0.25) is 0 Å².